The third-order valence-electron chi connectivity index (χ3n) is 3.43. The maximum absolute atomic E-state index is 11.9. The first-order valence-electron chi connectivity index (χ1n) is 5.87. The first-order valence-corrected chi connectivity index (χ1v) is 5.87. The van der Waals surface area contributed by atoms with Gasteiger partial charge < -0.3 is 21.3 Å². The Labute approximate surface area is 104 Å². The van der Waals surface area contributed by atoms with Gasteiger partial charge in [0, 0.05) is 13.0 Å². The molecule has 7 nitrogen and oxygen atoms in total. The number of carbonyl (C=O) groups is 3. The molecule has 1 rings (SSSR count). The summed E-state index contributed by atoms with van der Waals surface area (Å²) in [6.45, 7) is 0.185. The molecule has 18 heavy (non-hydrogen) atoms. The molecule has 0 bridgehead atoms. The van der Waals surface area contributed by atoms with Gasteiger partial charge >= 0.3 is 11.9 Å². The maximum atomic E-state index is 11.9. The van der Waals surface area contributed by atoms with Gasteiger partial charge in [0.1, 0.15) is 6.04 Å². The van der Waals surface area contributed by atoms with Gasteiger partial charge in [0.2, 0.25) is 5.91 Å². The molecule has 0 spiro atoms. The summed E-state index contributed by atoms with van der Waals surface area (Å²) < 4.78 is 0. The monoisotopic (exact) mass is 258 g/mol. The normalized spacial score (nSPS) is 18.5. The van der Waals surface area contributed by atoms with E-state index >= 15 is 0 Å². The lowest BCUT2D eigenvalue weighted by Crippen LogP contribution is -2.54. The van der Waals surface area contributed by atoms with Crippen LogP contribution in [0.25, 0.3) is 0 Å². The molecule has 0 radical (unpaired) electrons. The minimum Gasteiger partial charge on any atom is -0.481 e. The third-order valence-corrected chi connectivity index (χ3v) is 3.43. The van der Waals surface area contributed by atoms with E-state index in [1.54, 1.807) is 0 Å². The molecule has 1 atom stereocenters. The molecule has 102 valence electrons. The van der Waals surface area contributed by atoms with Gasteiger partial charge in [0.15, 0.2) is 0 Å². The second kappa shape index (κ2) is 5.81. The second-order valence-electron chi connectivity index (χ2n) is 4.63. The molecule has 0 saturated heterocycles. The molecule has 7 heteroatoms. The van der Waals surface area contributed by atoms with E-state index in [2.05, 4.69) is 5.32 Å². The van der Waals surface area contributed by atoms with Crippen LogP contribution in [-0.2, 0) is 14.4 Å². The lowest BCUT2D eigenvalue weighted by atomic mass is 9.68. The molecule has 1 saturated carbocycles. The highest BCUT2D eigenvalue weighted by Gasteiger charge is 2.43. The quantitative estimate of drug-likeness (QED) is 0.489. The molecule has 1 amide bonds. The molecule has 1 aliphatic rings. The van der Waals surface area contributed by atoms with E-state index < -0.39 is 23.4 Å². The minimum atomic E-state index is -1.23. The summed E-state index contributed by atoms with van der Waals surface area (Å²) in [4.78, 5) is 33.3. The molecule has 0 heterocycles. The van der Waals surface area contributed by atoms with Crippen LogP contribution in [0.3, 0.4) is 0 Å². The average Bonchev–Trinajstić information content (AvgIpc) is 2.22. The van der Waals surface area contributed by atoms with E-state index in [-0.39, 0.29) is 25.3 Å². The van der Waals surface area contributed by atoms with Crippen LogP contribution in [0.4, 0.5) is 0 Å². The van der Waals surface area contributed by atoms with Gasteiger partial charge in [-0.1, -0.05) is 6.42 Å². The first kappa shape index (κ1) is 14.4. The van der Waals surface area contributed by atoms with E-state index in [0.717, 1.165) is 6.42 Å². The van der Waals surface area contributed by atoms with Crippen molar-refractivity contribution in [2.45, 2.75) is 38.1 Å². The smallest absolute Gasteiger partial charge is 0.326 e. The largest absolute Gasteiger partial charge is 0.481 e. The Balaban J connectivity index is 2.57. The van der Waals surface area contributed by atoms with E-state index in [0.29, 0.717) is 12.8 Å². The van der Waals surface area contributed by atoms with Crippen LogP contribution in [0.2, 0.25) is 0 Å². The summed E-state index contributed by atoms with van der Waals surface area (Å²) in [6, 6.07) is -1.17. The number of amides is 1. The summed E-state index contributed by atoms with van der Waals surface area (Å²) in [5.41, 5.74) is 4.89. The molecule has 5 N–H and O–H groups in total. The molecule has 0 aliphatic heterocycles. The Morgan fingerprint density at radius 3 is 2.22 bits per heavy atom. The van der Waals surface area contributed by atoms with Gasteiger partial charge in [-0.3, -0.25) is 9.59 Å². The molecule has 0 aromatic heterocycles. The number of carbonyl (C=O) groups excluding carboxylic acids is 1. The van der Waals surface area contributed by atoms with Crippen LogP contribution in [0.15, 0.2) is 0 Å². The summed E-state index contributed by atoms with van der Waals surface area (Å²) in [5.74, 6) is -2.70. The standard InChI is InChI=1S/C11H18N2O5/c12-6-11(4-1-5-11)10(18)13-7(9(16)17)2-3-8(14)15/h7H,1-6,12H2,(H,13,18)(H,14,15)(H,16,17). The lowest BCUT2D eigenvalue weighted by molar-refractivity contribution is -0.146. The van der Waals surface area contributed by atoms with Crippen LogP contribution < -0.4 is 11.1 Å². The number of carboxylic acid groups (broad SMARTS) is 2. The number of hydrogen-bond acceptors (Lipinski definition) is 4. The van der Waals surface area contributed by atoms with Crippen molar-refractivity contribution in [3.05, 3.63) is 0 Å². The fourth-order valence-electron chi connectivity index (χ4n) is 1.96. The van der Waals surface area contributed by atoms with Gasteiger partial charge in [0.05, 0.1) is 5.41 Å². The van der Waals surface area contributed by atoms with Gasteiger partial charge in [0.25, 0.3) is 0 Å². The molecule has 0 aromatic rings. The Morgan fingerprint density at radius 2 is 1.89 bits per heavy atom. The van der Waals surface area contributed by atoms with Crippen molar-refractivity contribution in [2.75, 3.05) is 6.54 Å². The number of carboxylic acids is 2. The lowest BCUT2D eigenvalue weighted by Gasteiger charge is -2.39. The number of nitrogens with one attached hydrogen (secondary N) is 1. The molecule has 1 unspecified atom stereocenters. The molecule has 1 fully saturated rings. The Morgan fingerprint density at radius 1 is 1.28 bits per heavy atom. The van der Waals surface area contributed by atoms with Crippen molar-refractivity contribution < 1.29 is 24.6 Å². The summed E-state index contributed by atoms with van der Waals surface area (Å²) in [7, 11) is 0. The van der Waals surface area contributed by atoms with Crippen LogP contribution in [0, 0.1) is 5.41 Å². The molecule has 1 aliphatic carbocycles. The van der Waals surface area contributed by atoms with Crippen molar-refractivity contribution in [1.82, 2.24) is 5.32 Å². The van der Waals surface area contributed by atoms with E-state index in [9.17, 15) is 14.4 Å². The van der Waals surface area contributed by atoms with Crippen molar-refractivity contribution in [3.8, 4) is 0 Å². The fraction of sp³-hybridized carbons (Fsp3) is 0.727. The zero-order chi connectivity index (χ0) is 13.8. The zero-order valence-corrected chi connectivity index (χ0v) is 10.0. The molecular formula is C11H18N2O5. The van der Waals surface area contributed by atoms with Crippen molar-refractivity contribution in [2.24, 2.45) is 11.1 Å². The first-order chi connectivity index (χ1) is 8.41. The van der Waals surface area contributed by atoms with Crippen LogP contribution >= 0.6 is 0 Å². The van der Waals surface area contributed by atoms with Gasteiger partial charge in [-0.15, -0.1) is 0 Å². The van der Waals surface area contributed by atoms with Crippen LogP contribution in [-0.4, -0.2) is 40.6 Å². The van der Waals surface area contributed by atoms with Crippen molar-refractivity contribution in [1.29, 1.82) is 0 Å². The van der Waals surface area contributed by atoms with Crippen molar-refractivity contribution >= 4 is 17.8 Å². The fourth-order valence-corrected chi connectivity index (χ4v) is 1.96. The van der Waals surface area contributed by atoms with Gasteiger partial charge in [-0.05, 0) is 19.3 Å². The molecular weight excluding hydrogens is 240 g/mol. The summed E-state index contributed by atoms with van der Waals surface area (Å²) >= 11 is 0. The number of hydrogen-bond donors (Lipinski definition) is 4. The average molecular weight is 258 g/mol. The van der Waals surface area contributed by atoms with Crippen LogP contribution in [0.5, 0.6) is 0 Å². The van der Waals surface area contributed by atoms with Crippen LogP contribution in [0.1, 0.15) is 32.1 Å². The van der Waals surface area contributed by atoms with Crippen molar-refractivity contribution in [3.63, 3.8) is 0 Å². The number of aliphatic carboxylic acids is 2. The highest BCUT2D eigenvalue weighted by Crippen LogP contribution is 2.40. The van der Waals surface area contributed by atoms with E-state index in [1.165, 1.54) is 0 Å². The SMILES string of the molecule is NCC1(C(=O)NC(CCC(=O)O)C(=O)O)CCC1. The van der Waals surface area contributed by atoms with Gasteiger partial charge in [-0.2, -0.15) is 0 Å². The maximum Gasteiger partial charge on any atom is 0.326 e. The number of nitrogens with two attached hydrogens (primary N) is 1. The highest BCUT2D eigenvalue weighted by molar-refractivity contribution is 5.88. The topological polar surface area (TPSA) is 130 Å². The summed E-state index contributed by atoms with van der Waals surface area (Å²) in [5, 5.41) is 19.8. The Bertz CT molecular complexity index is 346. The predicted octanol–water partition coefficient (Wildman–Crippen LogP) is -0.450. The number of rotatable bonds is 7. The second-order valence-corrected chi connectivity index (χ2v) is 4.63. The van der Waals surface area contributed by atoms with E-state index in [1.807, 2.05) is 0 Å². The van der Waals surface area contributed by atoms with Gasteiger partial charge in [-0.25, -0.2) is 4.79 Å². The predicted molar refractivity (Wildman–Crippen MR) is 61.8 cm³/mol. The zero-order valence-electron chi connectivity index (χ0n) is 10.0. The Hall–Kier alpha value is -1.63. The minimum absolute atomic E-state index is 0.128. The van der Waals surface area contributed by atoms with E-state index in [4.69, 9.17) is 15.9 Å². The third kappa shape index (κ3) is 3.19. The Kier molecular flexibility index (Phi) is 4.66. The molecule has 0 aromatic carbocycles. The summed E-state index contributed by atoms with van der Waals surface area (Å²) in [6.07, 6.45) is 1.78. The highest BCUT2D eigenvalue weighted by atomic mass is 16.4.